The quantitative estimate of drug-likeness (QED) is 0.671. The normalized spacial score (nSPS) is 11.6. The molecule has 2 aromatic carbocycles. The van der Waals surface area contributed by atoms with Crippen molar-refractivity contribution in [2.24, 2.45) is 0 Å². The minimum Gasteiger partial charge on any atom is -0.449 e. The number of carbonyl (C=O) groups is 2. The Kier molecular flexibility index (Phi) is 5.01. The average molecular weight is 312 g/mol. The van der Waals surface area contributed by atoms with E-state index in [0.717, 1.165) is 11.1 Å². The molecule has 23 heavy (non-hydrogen) atoms. The van der Waals surface area contributed by atoms with Crippen molar-refractivity contribution in [2.45, 2.75) is 26.9 Å². The molecule has 120 valence electrons. The zero-order valence-corrected chi connectivity index (χ0v) is 13.4. The van der Waals surface area contributed by atoms with E-state index in [9.17, 15) is 9.59 Å². The molecule has 0 spiro atoms. The molecule has 1 atom stereocenters. The Morgan fingerprint density at radius 1 is 1.13 bits per heavy atom. The second kappa shape index (κ2) is 6.96. The molecular weight excluding hydrogens is 292 g/mol. The second-order valence-electron chi connectivity index (χ2n) is 5.44. The van der Waals surface area contributed by atoms with Crippen LogP contribution in [0.5, 0.6) is 0 Å². The summed E-state index contributed by atoms with van der Waals surface area (Å²) in [6, 6.07) is 12.5. The summed E-state index contributed by atoms with van der Waals surface area (Å²) in [5.74, 6) is -1.01. The number of aryl methyl sites for hydroxylation is 2. The van der Waals surface area contributed by atoms with Gasteiger partial charge in [0.15, 0.2) is 6.10 Å². The summed E-state index contributed by atoms with van der Waals surface area (Å²) in [5.41, 5.74) is 8.98. The number of anilines is 2. The van der Waals surface area contributed by atoms with Crippen molar-refractivity contribution in [3.8, 4) is 0 Å². The number of hydrogen-bond donors (Lipinski definition) is 2. The highest BCUT2D eigenvalue weighted by Gasteiger charge is 2.20. The van der Waals surface area contributed by atoms with Gasteiger partial charge in [-0.2, -0.15) is 0 Å². The van der Waals surface area contributed by atoms with Crippen LogP contribution >= 0.6 is 0 Å². The first-order valence-electron chi connectivity index (χ1n) is 7.32. The minimum absolute atomic E-state index is 0.264. The molecule has 0 bridgehead atoms. The molecule has 5 heteroatoms. The number of amides is 1. The van der Waals surface area contributed by atoms with Gasteiger partial charge in [-0.25, -0.2) is 4.79 Å². The standard InChI is InChI=1S/C18H20N2O3/c1-11-6-4-8-14(10-11)20-17(21)13(3)23-18(22)15-9-5-7-12(2)16(15)19/h4-10,13H,19H2,1-3H3,(H,20,21)/t13-/m1/s1. The smallest absolute Gasteiger partial charge is 0.341 e. The van der Waals surface area contributed by atoms with Gasteiger partial charge in [0, 0.05) is 11.4 Å². The van der Waals surface area contributed by atoms with Gasteiger partial charge in [0.1, 0.15) is 0 Å². The van der Waals surface area contributed by atoms with Gasteiger partial charge in [0.2, 0.25) is 0 Å². The Bertz CT molecular complexity index is 741. The second-order valence-corrected chi connectivity index (χ2v) is 5.44. The number of nitrogens with two attached hydrogens (primary N) is 1. The number of rotatable bonds is 4. The number of nitrogen functional groups attached to an aromatic ring is 1. The molecule has 0 radical (unpaired) electrons. The van der Waals surface area contributed by atoms with E-state index in [-0.39, 0.29) is 5.56 Å². The maximum atomic E-state index is 12.2. The van der Waals surface area contributed by atoms with Crippen LogP contribution in [0.25, 0.3) is 0 Å². The molecule has 2 aromatic rings. The van der Waals surface area contributed by atoms with E-state index >= 15 is 0 Å². The summed E-state index contributed by atoms with van der Waals surface area (Å²) in [4.78, 5) is 24.3. The molecule has 0 unspecified atom stereocenters. The van der Waals surface area contributed by atoms with E-state index in [0.29, 0.717) is 11.4 Å². The minimum atomic E-state index is -0.928. The molecule has 0 aromatic heterocycles. The summed E-state index contributed by atoms with van der Waals surface area (Å²) in [6.45, 7) is 5.26. The SMILES string of the molecule is Cc1cccc(NC(=O)[C@@H](C)OC(=O)c2cccc(C)c2N)c1. The highest BCUT2D eigenvalue weighted by atomic mass is 16.5. The van der Waals surface area contributed by atoms with Crippen molar-refractivity contribution >= 4 is 23.3 Å². The van der Waals surface area contributed by atoms with Crippen LogP contribution in [0.3, 0.4) is 0 Å². The van der Waals surface area contributed by atoms with E-state index in [2.05, 4.69) is 5.32 Å². The van der Waals surface area contributed by atoms with Crippen molar-refractivity contribution in [1.82, 2.24) is 0 Å². The number of benzene rings is 2. The highest BCUT2D eigenvalue weighted by molar-refractivity contribution is 5.99. The lowest BCUT2D eigenvalue weighted by Gasteiger charge is -2.15. The topological polar surface area (TPSA) is 81.4 Å². The fourth-order valence-electron chi connectivity index (χ4n) is 2.10. The van der Waals surface area contributed by atoms with E-state index < -0.39 is 18.0 Å². The van der Waals surface area contributed by atoms with Gasteiger partial charge in [-0.1, -0.05) is 24.3 Å². The number of hydrogen-bond acceptors (Lipinski definition) is 4. The summed E-state index contributed by atoms with van der Waals surface area (Å²) in [6.07, 6.45) is -0.928. The molecule has 0 heterocycles. The number of esters is 1. The molecule has 3 N–H and O–H groups in total. The lowest BCUT2D eigenvalue weighted by Crippen LogP contribution is -2.30. The molecule has 1 amide bonds. The van der Waals surface area contributed by atoms with Gasteiger partial charge in [-0.05, 0) is 50.1 Å². The molecule has 5 nitrogen and oxygen atoms in total. The Hall–Kier alpha value is -2.82. The Morgan fingerprint density at radius 2 is 1.83 bits per heavy atom. The Morgan fingerprint density at radius 3 is 2.52 bits per heavy atom. The molecule has 0 fully saturated rings. The van der Waals surface area contributed by atoms with Crippen molar-refractivity contribution in [3.05, 3.63) is 59.2 Å². The first kappa shape index (κ1) is 16.5. The Balaban J connectivity index is 2.03. The van der Waals surface area contributed by atoms with Crippen LogP contribution in [0.2, 0.25) is 0 Å². The van der Waals surface area contributed by atoms with Crippen LogP contribution in [0.4, 0.5) is 11.4 Å². The zero-order valence-electron chi connectivity index (χ0n) is 13.4. The van der Waals surface area contributed by atoms with Crippen LogP contribution in [-0.4, -0.2) is 18.0 Å². The van der Waals surface area contributed by atoms with Gasteiger partial charge >= 0.3 is 5.97 Å². The molecule has 2 rings (SSSR count). The molecule has 0 saturated heterocycles. The fraction of sp³-hybridized carbons (Fsp3) is 0.222. The highest BCUT2D eigenvalue weighted by Crippen LogP contribution is 2.18. The Labute approximate surface area is 135 Å². The van der Waals surface area contributed by atoms with Crippen LogP contribution in [0, 0.1) is 13.8 Å². The third-order valence-electron chi connectivity index (χ3n) is 3.48. The first-order valence-corrected chi connectivity index (χ1v) is 7.32. The van der Waals surface area contributed by atoms with Crippen LogP contribution in [-0.2, 0) is 9.53 Å². The summed E-state index contributed by atoms with van der Waals surface area (Å²) in [7, 11) is 0. The van der Waals surface area contributed by atoms with E-state index in [4.69, 9.17) is 10.5 Å². The van der Waals surface area contributed by atoms with Gasteiger partial charge in [-0.3, -0.25) is 4.79 Å². The van der Waals surface area contributed by atoms with Crippen LogP contribution in [0.1, 0.15) is 28.4 Å². The third-order valence-corrected chi connectivity index (χ3v) is 3.48. The van der Waals surface area contributed by atoms with Crippen LogP contribution < -0.4 is 11.1 Å². The number of carbonyl (C=O) groups excluding carboxylic acids is 2. The van der Waals surface area contributed by atoms with Crippen molar-refractivity contribution < 1.29 is 14.3 Å². The van der Waals surface area contributed by atoms with E-state index in [1.165, 1.54) is 6.92 Å². The summed E-state index contributed by atoms with van der Waals surface area (Å²) < 4.78 is 5.21. The molecular formula is C18H20N2O3. The van der Waals surface area contributed by atoms with Crippen molar-refractivity contribution in [1.29, 1.82) is 0 Å². The number of para-hydroxylation sites is 1. The molecule has 0 saturated carbocycles. The monoisotopic (exact) mass is 312 g/mol. The van der Waals surface area contributed by atoms with E-state index in [1.807, 2.05) is 25.1 Å². The summed E-state index contributed by atoms with van der Waals surface area (Å²) in [5, 5.41) is 2.72. The predicted octanol–water partition coefficient (Wildman–Crippen LogP) is 3.07. The average Bonchev–Trinajstić information content (AvgIpc) is 2.49. The first-order chi connectivity index (χ1) is 10.9. The lowest BCUT2D eigenvalue weighted by atomic mass is 10.1. The maximum Gasteiger partial charge on any atom is 0.341 e. The van der Waals surface area contributed by atoms with Crippen molar-refractivity contribution in [3.63, 3.8) is 0 Å². The zero-order chi connectivity index (χ0) is 17.0. The lowest BCUT2D eigenvalue weighted by molar-refractivity contribution is -0.123. The molecule has 0 aliphatic heterocycles. The van der Waals surface area contributed by atoms with Gasteiger partial charge in [-0.15, -0.1) is 0 Å². The van der Waals surface area contributed by atoms with E-state index in [1.54, 1.807) is 31.2 Å². The molecule has 0 aliphatic carbocycles. The molecule has 0 aliphatic rings. The largest absolute Gasteiger partial charge is 0.449 e. The number of ether oxygens (including phenoxy) is 1. The van der Waals surface area contributed by atoms with Gasteiger partial charge in [0.25, 0.3) is 5.91 Å². The third kappa shape index (κ3) is 4.10. The maximum absolute atomic E-state index is 12.2. The predicted molar refractivity (Wildman–Crippen MR) is 90.3 cm³/mol. The van der Waals surface area contributed by atoms with Crippen molar-refractivity contribution in [2.75, 3.05) is 11.1 Å². The number of nitrogens with one attached hydrogen (secondary N) is 1. The van der Waals surface area contributed by atoms with Gasteiger partial charge < -0.3 is 15.8 Å². The van der Waals surface area contributed by atoms with Crippen LogP contribution in [0.15, 0.2) is 42.5 Å². The fourth-order valence-corrected chi connectivity index (χ4v) is 2.10. The summed E-state index contributed by atoms with van der Waals surface area (Å²) >= 11 is 0. The van der Waals surface area contributed by atoms with Gasteiger partial charge in [0.05, 0.1) is 5.56 Å².